The van der Waals surface area contributed by atoms with Gasteiger partial charge < -0.3 is 4.90 Å². The summed E-state index contributed by atoms with van der Waals surface area (Å²) >= 11 is 5.98. The molecule has 0 radical (unpaired) electrons. The first-order chi connectivity index (χ1) is 14.5. The smallest absolute Gasteiger partial charge is 0.253 e. The monoisotopic (exact) mass is 485 g/mol. The van der Waals surface area contributed by atoms with Gasteiger partial charge in [-0.1, -0.05) is 29.3 Å². The summed E-state index contributed by atoms with van der Waals surface area (Å²) in [5.74, 6) is -0.382. The molecule has 31 heavy (non-hydrogen) atoms. The Balaban J connectivity index is 1.77. The number of nitrogens with zero attached hydrogens (tertiary/aromatic N) is 2. The van der Waals surface area contributed by atoms with Crippen LogP contribution in [0, 0.1) is 13.8 Å². The molecule has 0 bridgehead atoms. The predicted octanol–water partition coefficient (Wildman–Crippen LogP) is 2.01. The first-order valence-corrected chi connectivity index (χ1v) is 12.9. The summed E-state index contributed by atoms with van der Waals surface area (Å²) in [5, 5.41) is 0.00952. The van der Waals surface area contributed by atoms with Crippen LogP contribution >= 0.6 is 11.6 Å². The lowest BCUT2D eigenvalue weighted by Crippen LogP contribution is -2.50. The number of hydrogen-bond donors (Lipinski definition) is 1. The average Bonchev–Trinajstić information content (AvgIpc) is 2.73. The van der Waals surface area contributed by atoms with Crippen molar-refractivity contribution in [1.82, 2.24) is 13.9 Å². The first-order valence-electron chi connectivity index (χ1n) is 9.57. The number of sulfonamides is 2. The quantitative estimate of drug-likeness (QED) is 0.697. The molecule has 0 aromatic heterocycles. The summed E-state index contributed by atoms with van der Waals surface area (Å²) in [4.78, 5) is 14.5. The van der Waals surface area contributed by atoms with E-state index in [4.69, 9.17) is 11.6 Å². The van der Waals surface area contributed by atoms with Crippen molar-refractivity contribution in [3.63, 3.8) is 0 Å². The van der Waals surface area contributed by atoms with E-state index in [0.717, 1.165) is 5.56 Å². The molecule has 8 nitrogen and oxygen atoms in total. The fourth-order valence-electron chi connectivity index (χ4n) is 3.49. The molecule has 1 aliphatic heterocycles. The van der Waals surface area contributed by atoms with E-state index in [1.54, 1.807) is 19.1 Å². The zero-order chi connectivity index (χ0) is 23.0. The summed E-state index contributed by atoms with van der Waals surface area (Å²) in [7, 11) is -6.23. The summed E-state index contributed by atoms with van der Waals surface area (Å²) in [6.07, 6.45) is 0. The van der Waals surface area contributed by atoms with Gasteiger partial charge in [0.25, 0.3) is 5.91 Å². The molecule has 11 heteroatoms. The van der Waals surface area contributed by atoms with E-state index < -0.39 is 20.0 Å². The Hall–Kier alpha value is -1.98. The van der Waals surface area contributed by atoms with Gasteiger partial charge in [-0.3, -0.25) is 4.79 Å². The van der Waals surface area contributed by atoms with Crippen molar-refractivity contribution in [2.45, 2.75) is 23.6 Å². The van der Waals surface area contributed by atoms with E-state index in [1.165, 1.54) is 34.5 Å². The van der Waals surface area contributed by atoms with Crippen LogP contribution in [0.25, 0.3) is 0 Å². The lowest BCUT2D eigenvalue weighted by atomic mass is 10.2. The van der Waals surface area contributed by atoms with Gasteiger partial charge in [0.2, 0.25) is 20.0 Å². The summed E-state index contributed by atoms with van der Waals surface area (Å²) in [6, 6.07) is 9.24. The minimum atomic E-state index is -3.82. The van der Waals surface area contributed by atoms with E-state index in [-0.39, 0.29) is 52.5 Å². The molecule has 1 fully saturated rings. The van der Waals surface area contributed by atoms with E-state index in [2.05, 4.69) is 4.72 Å². The molecule has 1 aliphatic rings. The zero-order valence-corrected chi connectivity index (χ0v) is 19.8. The van der Waals surface area contributed by atoms with Gasteiger partial charge in [-0.15, -0.1) is 0 Å². The topological polar surface area (TPSA) is 104 Å². The van der Waals surface area contributed by atoms with Crippen molar-refractivity contribution in [3.05, 3.63) is 58.1 Å². The van der Waals surface area contributed by atoms with E-state index in [1.807, 2.05) is 13.0 Å². The number of rotatable bonds is 5. The standard InChI is InChI=1S/C20H24ClN3O5S2/c1-14-4-7-18(15(2)12-14)31(28,29)24-10-8-23(9-11-24)20(25)16-5-6-17(21)19(13-16)30(26,27)22-3/h4-7,12-13,22H,8-11H2,1-3H3. The van der Waals surface area contributed by atoms with Crippen LogP contribution in [-0.2, 0) is 20.0 Å². The van der Waals surface area contributed by atoms with E-state index in [9.17, 15) is 21.6 Å². The van der Waals surface area contributed by atoms with Crippen LogP contribution in [0.2, 0.25) is 5.02 Å². The fourth-order valence-corrected chi connectivity index (χ4v) is 6.37. The molecule has 1 heterocycles. The van der Waals surface area contributed by atoms with Gasteiger partial charge in [0, 0.05) is 31.7 Å². The molecular formula is C20H24ClN3O5S2. The third-order valence-corrected chi connectivity index (χ3v) is 9.17. The zero-order valence-electron chi connectivity index (χ0n) is 17.4. The second-order valence-electron chi connectivity index (χ2n) is 7.32. The maximum atomic E-state index is 13.0. The third kappa shape index (κ3) is 4.78. The van der Waals surface area contributed by atoms with Crippen LogP contribution in [0.15, 0.2) is 46.2 Å². The van der Waals surface area contributed by atoms with Crippen LogP contribution in [-0.4, -0.2) is 65.2 Å². The molecule has 0 spiro atoms. The number of nitrogens with one attached hydrogen (secondary N) is 1. The van der Waals surface area contributed by atoms with Crippen molar-refractivity contribution >= 4 is 37.6 Å². The van der Waals surface area contributed by atoms with Gasteiger partial charge >= 0.3 is 0 Å². The number of amides is 1. The molecular weight excluding hydrogens is 462 g/mol. The molecule has 3 rings (SSSR count). The lowest BCUT2D eigenvalue weighted by molar-refractivity contribution is 0.0697. The largest absolute Gasteiger partial charge is 0.336 e. The van der Waals surface area contributed by atoms with Gasteiger partial charge in [-0.2, -0.15) is 4.31 Å². The summed E-state index contributed by atoms with van der Waals surface area (Å²) < 4.78 is 53.8. The van der Waals surface area contributed by atoms with Crippen molar-refractivity contribution < 1.29 is 21.6 Å². The molecule has 1 N–H and O–H groups in total. The maximum absolute atomic E-state index is 13.0. The molecule has 0 atom stereocenters. The minimum absolute atomic E-state index is 0.00952. The van der Waals surface area contributed by atoms with Crippen LogP contribution in [0.1, 0.15) is 21.5 Å². The molecule has 0 aliphatic carbocycles. The lowest BCUT2D eigenvalue weighted by Gasteiger charge is -2.34. The molecule has 0 unspecified atom stereocenters. The molecule has 0 saturated carbocycles. The molecule has 2 aromatic rings. The molecule has 1 saturated heterocycles. The number of aryl methyl sites for hydroxylation is 2. The second-order valence-corrected chi connectivity index (χ2v) is 11.5. The number of halogens is 1. The van der Waals surface area contributed by atoms with Crippen LogP contribution in [0.3, 0.4) is 0 Å². The Morgan fingerprint density at radius 3 is 2.16 bits per heavy atom. The van der Waals surface area contributed by atoms with E-state index >= 15 is 0 Å². The van der Waals surface area contributed by atoms with Crippen molar-refractivity contribution in [2.75, 3.05) is 33.2 Å². The van der Waals surface area contributed by atoms with Crippen molar-refractivity contribution in [3.8, 4) is 0 Å². The number of benzene rings is 2. The number of carbonyl (C=O) groups is 1. The SMILES string of the molecule is CNS(=O)(=O)c1cc(C(=O)N2CCN(S(=O)(=O)c3ccc(C)cc3C)CC2)ccc1Cl. The molecule has 2 aromatic carbocycles. The van der Waals surface area contributed by atoms with Crippen LogP contribution < -0.4 is 4.72 Å². The second kappa shape index (κ2) is 8.87. The fraction of sp³-hybridized carbons (Fsp3) is 0.350. The number of carbonyl (C=O) groups excluding carboxylic acids is 1. The Morgan fingerprint density at radius 2 is 1.58 bits per heavy atom. The van der Waals surface area contributed by atoms with Gasteiger partial charge in [0.1, 0.15) is 4.90 Å². The highest BCUT2D eigenvalue weighted by atomic mass is 35.5. The minimum Gasteiger partial charge on any atom is -0.336 e. The summed E-state index contributed by atoms with van der Waals surface area (Å²) in [6.45, 7) is 4.35. The van der Waals surface area contributed by atoms with E-state index in [0.29, 0.717) is 5.56 Å². The van der Waals surface area contributed by atoms with Gasteiger partial charge in [-0.25, -0.2) is 21.6 Å². The van der Waals surface area contributed by atoms with Crippen LogP contribution in [0.5, 0.6) is 0 Å². The van der Waals surface area contributed by atoms with Gasteiger partial charge in [-0.05, 0) is 50.7 Å². The van der Waals surface area contributed by atoms with Crippen molar-refractivity contribution in [1.29, 1.82) is 0 Å². The highest BCUT2D eigenvalue weighted by molar-refractivity contribution is 7.89. The third-order valence-electron chi connectivity index (χ3n) is 5.21. The maximum Gasteiger partial charge on any atom is 0.253 e. The predicted molar refractivity (Wildman–Crippen MR) is 118 cm³/mol. The Labute approximate surface area is 187 Å². The normalized spacial score (nSPS) is 15.8. The first kappa shape index (κ1) is 23.7. The molecule has 1 amide bonds. The molecule has 168 valence electrons. The average molecular weight is 486 g/mol. The Kier molecular flexibility index (Phi) is 6.78. The summed E-state index contributed by atoms with van der Waals surface area (Å²) in [5.41, 5.74) is 1.83. The number of piperazine rings is 1. The Bertz CT molecular complexity index is 1220. The highest BCUT2D eigenvalue weighted by Gasteiger charge is 2.31. The van der Waals surface area contributed by atoms with Gasteiger partial charge in [0.05, 0.1) is 9.92 Å². The number of hydrogen-bond acceptors (Lipinski definition) is 5. The highest BCUT2D eigenvalue weighted by Crippen LogP contribution is 2.25. The van der Waals surface area contributed by atoms with Gasteiger partial charge in [0.15, 0.2) is 0 Å². The Morgan fingerprint density at radius 1 is 0.935 bits per heavy atom. The van der Waals surface area contributed by atoms with Crippen molar-refractivity contribution in [2.24, 2.45) is 0 Å². The van der Waals surface area contributed by atoms with Crippen LogP contribution in [0.4, 0.5) is 0 Å².